The van der Waals surface area contributed by atoms with Crippen molar-refractivity contribution in [1.29, 1.82) is 0 Å². The quantitative estimate of drug-likeness (QED) is 0.140. The molecule has 3 saturated heterocycles. The van der Waals surface area contributed by atoms with Crippen molar-refractivity contribution in [3.05, 3.63) is 41.8 Å². The summed E-state index contributed by atoms with van der Waals surface area (Å²) in [6.07, 6.45) is 7.50. The molecule has 0 spiro atoms. The molecule has 2 aromatic rings. The molecule has 4 heterocycles. The summed E-state index contributed by atoms with van der Waals surface area (Å²) in [4.78, 5) is 62.7. The number of carbonyl (C=O) groups is 4. The normalized spacial score (nSPS) is 21.2. The van der Waals surface area contributed by atoms with E-state index in [2.05, 4.69) is 15.0 Å². The van der Waals surface area contributed by atoms with Gasteiger partial charge in [0.2, 0.25) is 21.7 Å². The van der Waals surface area contributed by atoms with E-state index in [1.54, 1.807) is 29.2 Å². The maximum Gasteiger partial charge on any atom is 0.410 e. The molecule has 274 valence electrons. The van der Waals surface area contributed by atoms with Crippen LogP contribution in [-0.2, 0) is 24.3 Å². The lowest BCUT2D eigenvalue weighted by atomic mass is 9.89. The predicted octanol–water partition coefficient (Wildman–Crippen LogP) is 2.92. The van der Waals surface area contributed by atoms with E-state index in [-0.39, 0.29) is 37.5 Å². The number of benzene rings is 1. The number of carbonyl (C=O) groups excluding carboxylic acids is 4. The highest BCUT2D eigenvalue weighted by atomic mass is 32.2. The number of amides is 2. The standard InChI is InChI=1S/C35H50N6O8S/c1-50(46,47)39-28(13-12-24-14-17-37-18-15-24)34(44)41-23-26(48-35(45)40-19-7-2-8-20-40)22-29(41)30(42)21-25(9-5-6-16-36)32(43)33-38-27-10-3-4-11-31(27)49-33/h3-4,10-12,25-26,28-29,37,39H,2,5-9,13-23,36H2,1H3/t25-,26-,28-,29+/m1/s1. The van der Waals surface area contributed by atoms with E-state index in [1.807, 2.05) is 6.08 Å². The maximum atomic E-state index is 14.2. The molecule has 3 aliphatic heterocycles. The maximum absolute atomic E-state index is 14.2. The number of nitrogens with two attached hydrogens (primary N) is 1. The first kappa shape index (κ1) is 37.6. The lowest BCUT2D eigenvalue weighted by molar-refractivity contribution is -0.139. The molecule has 5 rings (SSSR count). The summed E-state index contributed by atoms with van der Waals surface area (Å²) >= 11 is 0. The van der Waals surface area contributed by atoms with Crippen LogP contribution < -0.4 is 15.8 Å². The van der Waals surface area contributed by atoms with Crippen molar-refractivity contribution < 1.29 is 36.7 Å². The number of nitrogens with one attached hydrogen (secondary N) is 2. The molecule has 4 atom stereocenters. The summed E-state index contributed by atoms with van der Waals surface area (Å²) in [6.45, 7) is 3.09. The number of nitrogens with zero attached hydrogens (tertiary/aromatic N) is 3. The second-order valence-corrected chi connectivity index (χ2v) is 15.4. The number of unbranched alkanes of at least 4 members (excludes halogenated alkanes) is 1. The van der Waals surface area contributed by atoms with E-state index in [9.17, 15) is 27.6 Å². The zero-order valence-corrected chi connectivity index (χ0v) is 29.6. The Morgan fingerprint density at radius 2 is 1.86 bits per heavy atom. The van der Waals surface area contributed by atoms with Crippen LogP contribution >= 0.6 is 0 Å². The molecule has 3 aliphatic rings. The topological polar surface area (TPSA) is 194 Å². The number of likely N-dealkylation sites (tertiary alicyclic amines) is 2. The van der Waals surface area contributed by atoms with Gasteiger partial charge in [-0.05, 0) is 83.1 Å². The summed E-state index contributed by atoms with van der Waals surface area (Å²) in [5, 5.41) is 3.28. The van der Waals surface area contributed by atoms with Gasteiger partial charge in [-0.15, -0.1) is 0 Å². The molecule has 0 saturated carbocycles. The highest BCUT2D eigenvalue weighted by Gasteiger charge is 2.44. The molecule has 3 fully saturated rings. The van der Waals surface area contributed by atoms with Gasteiger partial charge in [0.05, 0.1) is 18.8 Å². The van der Waals surface area contributed by atoms with Crippen LogP contribution in [0.3, 0.4) is 0 Å². The number of hydrogen-bond donors (Lipinski definition) is 3. The minimum atomic E-state index is -3.81. The highest BCUT2D eigenvalue weighted by Crippen LogP contribution is 2.29. The largest absolute Gasteiger partial charge is 0.444 e. The van der Waals surface area contributed by atoms with Gasteiger partial charge >= 0.3 is 6.09 Å². The van der Waals surface area contributed by atoms with E-state index in [4.69, 9.17) is 14.9 Å². The number of ether oxygens (including phenoxy) is 1. The molecule has 50 heavy (non-hydrogen) atoms. The van der Waals surface area contributed by atoms with Crippen LogP contribution in [-0.4, -0.2) is 110 Å². The van der Waals surface area contributed by atoms with Crippen molar-refractivity contribution in [1.82, 2.24) is 24.8 Å². The van der Waals surface area contributed by atoms with Gasteiger partial charge < -0.3 is 30.0 Å². The Kier molecular flexibility index (Phi) is 13.2. The molecule has 4 N–H and O–H groups in total. The van der Waals surface area contributed by atoms with Crippen molar-refractivity contribution in [2.75, 3.05) is 45.5 Å². The fourth-order valence-electron chi connectivity index (χ4n) is 7.01. The predicted molar refractivity (Wildman–Crippen MR) is 187 cm³/mol. The minimum Gasteiger partial charge on any atom is -0.444 e. The number of fused-ring (bicyclic) bond motifs is 1. The lowest BCUT2D eigenvalue weighted by Gasteiger charge is -2.29. The second kappa shape index (κ2) is 17.5. The molecule has 0 aliphatic carbocycles. The Labute approximate surface area is 293 Å². The third kappa shape index (κ3) is 10.2. The number of hydrogen-bond acceptors (Lipinski definition) is 11. The average Bonchev–Trinajstić information content (AvgIpc) is 3.74. The third-order valence-corrected chi connectivity index (χ3v) is 10.4. The van der Waals surface area contributed by atoms with Crippen molar-refractivity contribution >= 4 is 44.7 Å². The molecule has 15 heteroatoms. The number of para-hydroxylation sites is 2. The first-order valence-electron chi connectivity index (χ1n) is 17.8. The van der Waals surface area contributed by atoms with Gasteiger partial charge in [0.15, 0.2) is 11.4 Å². The number of oxazole rings is 1. The fourth-order valence-corrected chi connectivity index (χ4v) is 7.73. The zero-order chi connectivity index (χ0) is 35.7. The third-order valence-electron chi connectivity index (χ3n) is 9.67. The molecule has 1 aromatic heterocycles. The van der Waals surface area contributed by atoms with E-state index >= 15 is 0 Å². The van der Waals surface area contributed by atoms with E-state index < -0.39 is 51.9 Å². The average molecular weight is 715 g/mol. The van der Waals surface area contributed by atoms with Gasteiger partial charge in [0.25, 0.3) is 5.89 Å². The fraction of sp³-hybridized carbons (Fsp3) is 0.629. The van der Waals surface area contributed by atoms with E-state index in [1.165, 1.54) is 4.90 Å². The first-order valence-corrected chi connectivity index (χ1v) is 19.7. The summed E-state index contributed by atoms with van der Waals surface area (Å²) < 4.78 is 39.0. The number of piperidine rings is 2. The number of Topliss-reactive ketones (excluding diaryl/α,β-unsaturated/α-hetero) is 2. The molecule has 14 nitrogen and oxygen atoms in total. The monoisotopic (exact) mass is 714 g/mol. The number of sulfonamides is 1. The van der Waals surface area contributed by atoms with Crippen LogP contribution in [0.2, 0.25) is 0 Å². The Balaban J connectivity index is 1.39. The van der Waals surface area contributed by atoms with Gasteiger partial charge in [-0.2, -0.15) is 0 Å². The summed E-state index contributed by atoms with van der Waals surface area (Å²) in [5.74, 6) is -2.26. The molecule has 0 radical (unpaired) electrons. The zero-order valence-electron chi connectivity index (χ0n) is 28.8. The van der Waals surface area contributed by atoms with Crippen LogP contribution in [0.1, 0.15) is 81.3 Å². The van der Waals surface area contributed by atoms with Gasteiger partial charge in [-0.3, -0.25) is 14.4 Å². The van der Waals surface area contributed by atoms with Crippen molar-refractivity contribution in [3.8, 4) is 0 Å². The highest BCUT2D eigenvalue weighted by molar-refractivity contribution is 7.88. The molecular formula is C35H50N6O8S. The minimum absolute atomic E-state index is 0.0368. The van der Waals surface area contributed by atoms with E-state index in [0.717, 1.165) is 57.0 Å². The number of aromatic nitrogens is 1. The van der Waals surface area contributed by atoms with Gasteiger partial charge in [-0.25, -0.2) is 22.9 Å². The molecule has 1 aromatic carbocycles. The molecular weight excluding hydrogens is 664 g/mol. The van der Waals surface area contributed by atoms with Crippen molar-refractivity contribution in [3.63, 3.8) is 0 Å². The van der Waals surface area contributed by atoms with Crippen LogP contribution in [0.5, 0.6) is 0 Å². The smallest absolute Gasteiger partial charge is 0.410 e. The Morgan fingerprint density at radius 1 is 1.12 bits per heavy atom. The Bertz CT molecular complexity index is 1610. The second-order valence-electron chi connectivity index (χ2n) is 13.6. The SMILES string of the molecule is CS(=O)(=O)N[C@H](CC=C1CCNCC1)C(=O)N1C[C@H](OC(=O)N2CCCCC2)C[C@H]1C(=O)C[C@@H](CCCCN)C(=O)c1nc2ccccc2o1. The molecule has 2 amide bonds. The van der Waals surface area contributed by atoms with Gasteiger partial charge in [0.1, 0.15) is 17.7 Å². The molecule has 0 bridgehead atoms. The lowest BCUT2D eigenvalue weighted by Crippen LogP contribution is -2.51. The number of rotatable bonds is 15. The summed E-state index contributed by atoms with van der Waals surface area (Å²) in [7, 11) is -3.81. The molecule has 0 unspecified atom stereocenters. The van der Waals surface area contributed by atoms with Crippen LogP contribution in [0.25, 0.3) is 11.1 Å². The van der Waals surface area contributed by atoms with Gasteiger partial charge in [0, 0.05) is 31.8 Å². The Morgan fingerprint density at radius 3 is 2.56 bits per heavy atom. The summed E-state index contributed by atoms with van der Waals surface area (Å²) in [6, 6.07) is 4.81. The van der Waals surface area contributed by atoms with Gasteiger partial charge in [-0.1, -0.05) is 30.2 Å². The Hall–Kier alpha value is -3.66. The van der Waals surface area contributed by atoms with Crippen molar-refractivity contribution in [2.24, 2.45) is 11.7 Å². The van der Waals surface area contributed by atoms with Crippen LogP contribution in [0.4, 0.5) is 4.79 Å². The van der Waals surface area contributed by atoms with Crippen LogP contribution in [0.15, 0.2) is 40.3 Å². The first-order chi connectivity index (χ1) is 24.0. The van der Waals surface area contributed by atoms with Crippen molar-refractivity contribution in [2.45, 2.75) is 88.8 Å². The van der Waals surface area contributed by atoms with Crippen LogP contribution in [0, 0.1) is 5.92 Å². The van der Waals surface area contributed by atoms with E-state index in [0.29, 0.717) is 50.0 Å². The number of ketones is 2. The summed E-state index contributed by atoms with van der Waals surface area (Å²) in [5.41, 5.74) is 7.83.